The third kappa shape index (κ3) is 5.78. The van der Waals surface area contributed by atoms with Crippen LogP contribution in [0.25, 0.3) is 10.9 Å². The average Bonchev–Trinajstić information content (AvgIpc) is 3.28. The van der Waals surface area contributed by atoms with E-state index in [4.69, 9.17) is 4.74 Å². The van der Waals surface area contributed by atoms with Crippen LogP contribution in [0.15, 0.2) is 42.5 Å². The molecule has 2 aromatic carbocycles. The first-order valence-electron chi connectivity index (χ1n) is 13.1. The van der Waals surface area contributed by atoms with E-state index in [1.807, 2.05) is 6.92 Å². The van der Waals surface area contributed by atoms with Gasteiger partial charge in [-0.15, -0.1) is 0 Å². The average molecular weight is 560 g/mol. The van der Waals surface area contributed by atoms with E-state index in [1.54, 1.807) is 31.2 Å². The molecule has 4 rings (SSSR count). The monoisotopic (exact) mass is 559 g/mol. The zero-order valence-electron chi connectivity index (χ0n) is 22.4. The highest BCUT2D eigenvalue weighted by Gasteiger charge is 2.46. The molecule has 3 atom stereocenters. The molecule has 1 aromatic heterocycles. The molecule has 8 nitrogen and oxygen atoms in total. The lowest BCUT2D eigenvalue weighted by Crippen LogP contribution is -2.62. The summed E-state index contributed by atoms with van der Waals surface area (Å²) in [5, 5.41) is 15.9. The summed E-state index contributed by atoms with van der Waals surface area (Å²) in [6.45, 7) is 3.63. The van der Waals surface area contributed by atoms with Gasteiger partial charge in [-0.25, -0.2) is 4.79 Å². The van der Waals surface area contributed by atoms with Gasteiger partial charge in [0.05, 0.1) is 24.6 Å². The second-order valence-corrected chi connectivity index (χ2v) is 10.3. The van der Waals surface area contributed by atoms with Gasteiger partial charge in [-0.2, -0.15) is 13.2 Å². The van der Waals surface area contributed by atoms with Crippen LogP contribution in [-0.2, 0) is 39.8 Å². The van der Waals surface area contributed by atoms with Crippen LogP contribution in [0.2, 0.25) is 0 Å². The van der Waals surface area contributed by atoms with Gasteiger partial charge in [-0.1, -0.05) is 44.5 Å². The molecule has 214 valence electrons. The van der Waals surface area contributed by atoms with Crippen molar-refractivity contribution in [3.8, 4) is 5.75 Å². The van der Waals surface area contributed by atoms with Crippen LogP contribution in [-0.4, -0.2) is 46.6 Å². The Morgan fingerprint density at radius 2 is 1.90 bits per heavy atom. The van der Waals surface area contributed by atoms with Gasteiger partial charge in [-0.05, 0) is 48.1 Å². The van der Waals surface area contributed by atoms with Crippen molar-refractivity contribution in [3.05, 3.63) is 64.8 Å². The lowest BCUT2D eigenvalue weighted by atomic mass is 9.79. The molecule has 3 aromatic rings. The van der Waals surface area contributed by atoms with Crippen molar-refractivity contribution >= 4 is 28.7 Å². The van der Waals surface area contributed by atoms with E-state index in [-0.39, 0.29) is 42.5 Å². The maximum atomic E-state index is 13.6. The predicted molar refractivity (Wildman–Crippen MR) is 142 cm³/mol. The molecule has 1 aliphatic carbocycles. The zero-order valence-corrected chi connectivity index (χ0v) is 22.4. The lowest BCUT2D eigenvalue weighted by molar-refractivity contribution is -0.149. The number of nitrogens with one attached hydrogen (secondary N) is 3. The van der Waals surface area contributed by atoms with Gasteiger partial charge in [0.15, 0.2) is 0 Å². The molecule has 0 saturated heterocycles. The number of hydrogen-bond acceptors (Lipinski definition) is 4. The molecule has 40 heavy (non-hydrogen) atoms. The summed E-state index contributed by atoms with van der Waals surface area (Å²) >= 11 is 0. The number of carbonyl (C=O) groups excluding carboxylic acids is 2. The molecule has 0 bridgehead atoms. The summed E-state index contributed by atoms with van der Waals surface area (Å²) < 4.78 is 46.0. The second kappa shape index (κ2) is 11.2. The summed E-state index contributed by atoms with van der Waals surface area (Å²) in [7, 11) is 1.51. The molecule has 2 amide bonds. The Balaban J connectivity index is 1.58. The van der Waals surface area contributed by atoms with Gasteiger partial charge < -0.3 is 25.5 Å². The standard InChI is InChI=1S/C29H32F3N3O5/c1-4-16(2)24(34-23(36)14-17-7-5-8-18(13-17)40-3)26(37)35-28(27(38)39)12-11-22-20(15-28)19-9-6-10-21(25(19)33-22)29(30,31)32/h5-10,13,16,24,33H,4,11-12,14-15H2,1-3H3,(H,34,36)(H,35,37)(H,38,39). The van der Waals surface area contributed by atoms with Crippen LogP contribution < -0.4 is 15.4 Å². The van der Waals surface area contributed by atoms with E-state index in [0.29, 0.717) is 29.0 Å². The molecule has 4 N–H and O–H groups in total. The number of para-hydroxylation sites is 1. The molecular weight excluding hydrogens is 527 g/mol. The first-order valence-corrected chi connectivity index (χ1v) is 13.1. The number of benzene rings is 2. The van der Waals surface area contributed by atoms with Crippen molar-refractivity contribution in [2.75, 3.05) is 7.11 Å². The Morgan fingerprint density at radius 3 is 2.55 bits per heavy atom. The van der Waals surface area contributed by atoms with Crippen LogP contribution >= 0.6 is 0 Å². The van der Waals surface area contributed by atoms with Crippen LogP contribution in [0, 0.1) is 5.92 Å². The molecule has 3 unspecified atom stereocenters. The minimum Gasteiger partial charge on any atom is -0.497 e. The summed E-state index contributed by atoms with van der Waals surface area (Å²) in [6, 6.07) is 9.72. The Labute approximate surface area is 229 Å². The number of ether oxygens (including phenoxy) is 1. The van der Waals surface area contributed by atoms with E-state index in [1.165, 1.54) is 19.2 Å². The van der Waals surface area contributed by atoms with Gasteiger partial charge in [0.1, 0.15) is 17.3 Å². The number of carboxylic acid groups (broad SMARTS) is 1. The van der Waals surface area contributed by atoms with E-state index in [9.17, 15) is 32.7 Å². The van der Waals surface area contributed by atoms with Gasteiger partial charge in [0.25, 0.3) is 0 Å². The van der Waals surface area contributed by atoms with Crippen molar-refractivity contribution in [2.24, 2.45) is 5.92 Å². The summed E-state index contributed by atoms with van der Waals surface area (Å²) in [6.07, 6.45) is -4.16. The molecular formula is C29H32F3N3O5. The highest BCUT2D eigenvalue weighted by atomic mass is 19.4. The van der Waals surface area contributed by atoms with E-state index < -0.39 is 41.1 Å². The number of hydrogen-bond donors (Lipinski definition) is 4. The second-order valence-electron chi connectivity index (χ2n) is 10.3. The number of halogens is 3. The van der Waals surface area contributed by atoms with E-state index >= 15 is 0 Å². The molecule has 0 fully saturated rings. The minimum absolute atomic E-state index is 0.0122. The summed E-state index contributed by atoms with van der Waals surface area (Å²) in [5.74, 6) is -2.10. The zero-order chi connectivity index (χ0) is 29.2. The predicted octanol–water partition coefficient (Wildman–Crippen LogP) is 4.40. The SMILES string of the molecule is CCC(C)C(NC(=O)Cc1cccc(OC)c1)C(=O)NC1(C(=O)O)CCc2[nH]c3c(C(F)(F)F)cccc3c2C1. The van der Waals surface area contributed by atoms with Crippen LogP contribution in [0.4, 0.5) is 13.2 Å². The van der Waals surface area contributed by atoms with Crippen molar-refractivity contribution in [2.45, 2.75) is 63.7 Å². The molecule has 0 radical (unpaired) electrons. The summed E-state index contributed by atoms with van der Waals surface area (Å²) in [5.41, 5.74) is -1.06. The Morgan fingerprint density at radius 1 is 1.18 bits per heavy atom. The van der Waals surface area contributed by atoms with Crippen LogP contribution in [0.5, 0.6) is 5.75 Å². The van der Waals surface area contributed by atoms with Crippen LogP contribution in [0.3, 0.4) is 0 Å². The van der Waals surface area contributed by atoms with Gasteiger partial charge in [-0.3, -0.25) is 9.59 Å². The fourth-order valence-corrected chi connectivity index (χ4v) is 5.26. The number of amides is 2. The Kier molecular flexibility index (Phi) is 8.13. The third-order valence-electron chi connectivity index (χ3n) is 7.70. The largest absolute Gasteiger partial charge is 0.497 e. The van der Waals surface area contributed by atoms with E-state index in [0.717, 1.165) is 6.07 Å². The number of fused-ring (bicyclic) bond motifs is 3. The maximum Gasteiger partial charge on any atom is 0.418 e. The molecule has 0 aliphatic heterocycles. The topological polar surface area (TPSA) is 121 Å². The summed E-state index contributed by atoms with van der Waals surface area (Å²) in [4.78, 5) is 41.9. The van der Waals surface area contributed by atoms with Gasteiger partial charge >= 0.3 is 12.1 Å². The number of alkyl halides is 3. The number of aromatic nitrogens is 1. The van der Waals surface area contributed by atoms with Crippen molar-refractivity contribution < 1.29 is 37.4 Å². The van der Waals surface area contributed by atoms with Gasteiger partial charge in [0, 0.05) is 17.5 Å². The number of carbonyl (C=O) groups is 3. The fraction of sp³-hybridized carbons (Fsp3) is 0.414. The first kappa shape index (κ1) is 29.0. The number of rotatable bonds is 9. The highest BCUT2D eigenvalue weighted by Crippen LogP contribution is 2.40. The normalized spacial score (nSPS) is 18.4. The number of aromatic amines is 1. The number of aliphatic carboxylic acids is 1. The molecule has 0 saturated carbocycles. The first-order chi connectivity index (χ1) is 18.9. The number of carboxylic acids is 1. The Bertz CT molecular complexity index is 1430. The number of aryl methyl sites for hydroxylation is 1. The minimum atomic E-state index is -4.59. The highest BCUT2D eigenvalue weighted by molar-refractivity contribution is 5.95. The van der Waals surface area contributed by atoms with E-state index in [2.05, 4.69) is 15.6 Å². The quantitative estimate of drug-likeness (QED) is 0.310. The molecule has 1 aliphatic rings. The van der Waals surface area contributed by atoms with Crippen molar-refractivity contribution in [1.29, 1.82) is 0 Å². The van der Waals surface area contributed by atoms with Crippen molar-refractivity contribution in [3.63, 3.8) is 0 Å². The maximum absolute atomic E-state index is 13.6. The fourth-order valence-electron chi connectivity index (χ4n) is 5.26. The number of methoxy groups -OCH3 is 1. The van der Waals surface area contributed by atoms with Crippen molar-refractivity contribution in [1.82, 2.24) is 15.6 Å². The smallest absolute Gasteiger partial charge is 0.418 e. The Hall–Kier alpha value is -4.02. The molecule has 11 heteroatoms. The molecule has 0 spiro atoms. The van der Waals surface area contributed by atoms with Gasteiger partial charge in [0.2, 0.25) is 11.8 Å². The van der Waals surface area contributed by atoms with Crippen LogP contribution in [0.1, 0.15) is 49.1 Å². The lowest BCUT2D eigenvalue weighted by Gasteiger charge is -2.36. The third-order valence-corrected chi connectivity index (χ3v) is 7.70. The number of H-pyrrole nitrogens is 1. The molecule has 1 heterocycles.